The van der Waals surface area contributed by atoms with Crippen LogP contribution in [0.15, 0.2) is 89.8 Å². The number of aromatic nitrogens is 5. The summed E-state index contributed by atoms with van der Waals surface area (Å²) in [5.41, 5.74) is 3.45. The maximum atomic E-state index is 10.8. The van der Waals surface area contributed by atoms with Crippen molar-refractivity contribution >= 4 is 40.0 Å². The zero-order valence-corrected chi connectivity index (χ0v) is 20.0. The second-order valence-electron chi connectivity index (χ2n) is 7.68. The van der Waals surface area contributed by atoms with Crippen molar-refractivity contribution in [2.45, 2.75) is 11.7 Å². The zero-order valence-electron chi connectivity index (χ0n) is 18.4. The predicted molar refractivity (Wildman–Crippen MR) is 138 cm³/mol. The van der Waals surface area contributed by atoms with Crippen molar-refractivity contribution in [3.8, 4) is 17.5 Å². The van der Waals surface area contributed by atoms with Gasteiger partial charge in [0.2, 0.25) is 0 Å². The number of H-pyrrole nitrogens is 1. The molecule has 0 aliphatic heterocycles. The first-order chi connectivity index (χ1) is 17.1. The molecule has 2 heterocycles. The fourth-order valence-electron chi connectivity index (χ4n) is 3.68. The summed E-state index contributed by atoms with van der Waals surface area (Å²) in [6.45, 7) is 0.524. The molecule has 0 saturated carbocycles. The largest absolute Gasteiger partial charge is 0.510 e. The van der Waals surface area contributed by atoms with Gasteiger partial charge in [-0.15, -0.1) is 10.2 Å². The number of aliphatic hydroxyl groups is 1. The van der Waals surface area contributed by atoms with Gasteiger partial charge in [0, 0.05) is 5.56 Å². The third-order valence-electron chi connectivity index (χ3n) is 5.38. The lowest BCUT2D eigenvalue weighted by Gasteiger charge is -2.11. The highest BCUT2D eigenvalue weighted by molar-refractivity contribution is 7.99. The molecule has 5 rings (SSSR count). The molecular weight excluding hydrogens is 480 g/mol. The van der Waals surface area contributed by atoms with E-state index in [0.717, 1.165) is 22.2 Å². The molecule has 0 saturated heterocycles. The summed E-state index contributed by atoms with van der Waals surface area (Å²) in [4.78, 5) is 7.53. The number of rotatable bonds is 7. The van der Waals surface area contributed by atoms with E-state index in [1.165, 1.54) is 11.8 Å². The van der Waals surface area contributed by atoms with E-state index >= 15 is 0 Å². The SMILES string of the molecule is N#CC(=C(O)CSc1nnc(-c2ccccc2Cl)n1Cc1ccccc1)c1nc2ccccc2[nH]1. The lowest BCUT2D eigenvalue weighted by Crippen LogP contribution is -2.05. The number of nitrogens with one attached hydrogen (secondary N) is 1. The van der Waals surface area contributed by atoms with Gasteiger partial charge in [-0.2, -0.15) is 5.26 Å². The first kappa shape index (κ1) is 22.7. The van der Waals surface area contributed by atoms with Crippen LogP contribution < -0.4 is 0 Å². The fraction of sp³-hybridized carbons (Fsp3) is 0.0769. The first-order valence-electron chi connectivity index (χ1n) is 10.8. The van der Waals surface area contributed by atoms with Crippen molar-refractivity contribution in [1.82, 2.24) is 24.7 Å². The Labute approximate surface area is 210 Å². The number of imidazole rings is 1. The van der Waals surface area contributed by atoms with Gasteiger partial charge in [0.1, 0.15) is 17.4 Å². The number of fused-ring (bicyclic) bond motifs is 1. The number of hydrogen-bond donors (Lipinski definition) is 2. The van der Waals surface area contributed by atoms with Gasteiger partial charge >= 0.3 is 0 Å². The highest BCUT2D eigenvalue weighted by Crippen LogP contribution is 2.31. The number of para-hydroxylation sites is 2. The van der Waals surface area contributed by atoms with E-state index in [1.807, 2.05) is 83.4 Å². The van der Waals surface area contributed by atoms with Gasteiger partial charge in [0.05, 0.1) is 28.4 Å². The number of hydrogen-bond acceptors (Lipinski definition) is 6. The highest BCUT2D eigenvalue weighted by Gasteiger charge is 2.19. The monoisotopic (exact) mass is 498 g/mol. The van der Waals surface area contributed by atoms with Gasteiger partial charge in [-0.05, 0) is 29.8 Å². The van der Waals surface area contributed by atoms with Crippen LogP contribution in [0.3, 0.4) is 0 Å². The molecule has 0 aliphatic carbocycles. The molecule has 0 bridgehead atoms. The second-order valence-corrected chi connectivity index (χ2v) is 9.03. The van der Waals surface area contributed by atoms with Crippen LogP contribution in [0.25, 0.3) is 28.0 Å². The van der Waals surface area contributed by atoms with Crippen LogP contribution in [0.1, 0.15) is 11.4 Å². The number of allylic oxidation sites excluding steroid dienone is 1. The van der Waals surface area contributed by atoms with Crippen molar-refractivity contribution in [1.29, 1.82) is 5.26 Å². The molecule has 2 N–H and O–H groups in total. The highest BCUT2D eigenvalue weighted by atomic mass is 35.5. The summed E-state index contributed by atoms with van der Waals surface area (Å²) in [5, 5.41) is 30.5. The molecule has 2 aromatic heterocycles. The second kappa shape index (κ2) is 10.1. The molecule has 0 spiro atoms. The fourth-order valence-corrected chi connectivity index (χ4v) is 4.71. The van der Waals surface area contributed by atoms with Crippen molar-refractivity contribution in [3.63, 3.8) is 0 Å². The van der Waals surface area contributed by atoms with E-state index in [9.17, 15) is 10.4 Å². The Balaban J connectivity index is 1.47. The summed E-state index contributed by atoms with van der Waals surface area (Å²) < 4.78 is 1.96. The molecule has 0 radical (unpaired) electrons. The van der Waals surface area contributed by atoms with Crippen LogP contribution in [0.4, 0.5) is 0 Å². The van der Waals surface area contributed by atoms with Gasteiger partial charge in [0.15, 0.2) is 16.8 Å². The van der Waals surface area contributed by atoms with Crippen molar-refractivity contribution < 1.29 is 5.11 Å². The van der Waals surface area contributed by atoms with E-state index in [-0.39, 0.29) is 17.1 Å². The van der Waals surface area contributed by atoms with Gasteiger partial charge < -0.3 is 10.1 Å². The molecular formula is C26H19ClN6OS. The molecule has 9 heteroatoms. The van der Waals surface area contributed by atoms with Crippen LogP contribution in [0.5, 0.6) is 0 Å². The first-order valence-corrected chi connectivity index (χ1v) is 12.1. The Bertz CT molecular complexity index is 1530. The van der Waals surface area contributed by atoms with Gasteiger partial charge in [-0.25, -0.2) is 4.98 Å². The van der Waals surface area contributed by atoms with Crippen molar-refractivity contribution in [2.24, 2.45) is 0 Å². The number of nitrogens with zero attached hydrogens (tertiary/aromatic N) is 5. The molecule has 7 nitrogen and oxygen atoms in total. The minimum Gasteiger partial charge on any atom is -0.510 e. The molecule has 172 valence electrons. The van der Waals surface area contributed by atoms with Crippen LogP contribution in [0, 0.1) is 11.3 Å². The average molecular weight is 499 g/mol. The smallest absolute Gasteiger partial charge is 0.192 e. The topological polar surface area (TPSA) is 103 Å². The maximum Gasteiger partial charge on any atom is 0.192 e. The van der Waals surface area contributed by atoms with Gasteiger partial charge in [0.25, 0.3) is 0 Å². The van der Waals surface area contributed by atoms with Gasteiger partial charge in [-0.1, -0.05) is 78.0 Å². The molecule has 0 fully saturated rings. The maximum absolute atomic E-state index is 10.8. The summed E-state index contributed by atoms with van der Waals surface area (Å²) in [5.74, 6) is 0.984. The normalized spacial score (nSPS) is 11.9. The summed E-state index contributed by atoms with van der Waals surface area (Å²) in [6.07, 6.45) is 0. The Morgan fingerprint density at radius 2 is 1.74 bits per heavy atom. The van der Waals surface area contributed by atoms with E-state index in [2.05, 4.69) is 26.2 Å². The van der Waals surface area contributed by atoms with E-state index in [1.54, 1.807) is 0 Å². The summed E-state index contributed by atoms with van der Waals surface area (Å²) in [6, 6.07) is 27.0. The minimum absolute atomic E-state index is 0.0918. The molecule has 3 aromatic carbocycles. The van der Waals surface area contributed by atoms with E-state index < -0.39 is 0 Å². The summed E-state index contributed by atoms with van der Waals surface area (Å²) >= 11 is 7.74. The van der Waals surface area contributed by atoms with Gasteiger partial charge in [-0.3, -0.25) is 4.57 Å². The Kier molecular flexibility index (Phi) is 6.53. The number of halogens is 1. The lowest BCUT2D eigenvalue weighted by molar-refractivity contribution is 0.420. The molecule has 5 aromatic rings. The van der Waals surface area contributed by atoms with Crippen molar-refractivity contribution in [3.05, 3.63) is 101 Å². The quantitative estimate of drug-likeness (QED) is 0.159. The molecule has 0 aliphatic rings. The molecule has 0 amide bonds. The standard InChI is InChI=1S/C26H19ClN6OS/c27-20-11-5-4-10-18(20)25-31-32-26(33(25)15-17-8-2-1-3-9-17)35-16-23(34)19(14-28)24-29-21-12-6-7-13-22(21)30-24/h1-13,34H,15-16H2,(H,29,30). The number of thioether (sulfide) groups is 1. The number of aliphatic hydroxyl groups excluding tert-OH is 1. The number of aromatic amines is 1. The number of benzene rings is 3. The van der Waals surface area contributed by atoms with Crippen LogP contribution in [-0.2, 0) is 6.54 Å². The Morgan fingerprint density at radius 1 is 1.00 bits per heavy atom. The average Bonchev–Trinajstić information content (AvgIpc) is 3.48. The minimum atomic E-state index is -0.0925. The molecule has 35 heavy (non-hydrogen) atoms. The molecule has 0 atom stereocenters. The Morgan fingerprint density at radius 3 is 2.51 bits per heavy atom. The van der Waals surface area contributed by atoms with Crippen LogP contribution in [-0.4, -0.2) is 35.6 Å². The van der Waals surface area contributed by atoms with Crippen LogP contribution in [0.2, 0.25) is 5.02 Å². The van der Waals surface area contributed by atoms with Crippen molar-refractivity contribution in [2.75, 3.05) is 5.75 Å². The summed E-state index contributed by atoms with van der Waals surface area (Å²) in [7, 11) is 0. The van der Waals surface area contributed by atoms with E-state index in [0.29, 0.717) is 28.4 Å². The zero-order chi connectivity index (χ0) is 24.2. The molecule has 0 unspecified atom stereocenters. The lowest BCUT2D eigenvalue weighted by atomic mass is 10.2. The van der Waals surface area contributed by atoms with E-state index in [4.69, 9.17) is 11.6 Å². The van der Waals surface area contributed by atoms with Crippen LogP contribution >= 0.6 is 23.4 Å². The third kappa shape index (κ3) is 4.78. The third-order valence-corrected chi connectivity index (χ3v) is 6.69. The predicted octanol–water partition coefficient (Wildman–Crippen LogP) is 6.11. The number of nitriles is 1. The Hall–Kier alpha value is -4.06.